The molecule has 1 fully saturated rings. The molecule has 0 aromatic carbocycles. The molecule has 0 spiro atoms. The molecule has 24 heavy (non-hydrogen) atoms. The minimum absolute atomic E-state index is 0.0612. The minimum atomic E-state index is -3.71. The third kappa shape index (κ3) is 3.18. The Morgan fingerprint density at radius 2 is 2.00 bits per heavy atom. The number of rotatable bonds is 4. The highest BCUT2D eigenvalue weighted by molar-refractivity contribution is 7.89. The summed E-state index contributed by atoms with van der Waals surface area (Å²) in [6.45, 7) is 3.56. The fourth-order valence-electron chi connectivity index (χ4n) is 2.77. The highest BCUT2D eigenvalue weighted by atomic mass is 32.2. The zero-order valence-electron chi connectivity index (χ0n) is 14.2. The van der Waals surface area contributed by atoms with Gasteiger partial charge >= 0.3 is 5.97 Å². The number of carbonyl (C=O) groups excluding carboxylic acids is 1. The number of nitrogens with zero attached hydrogens (tertiary/aromatic N) is 2. The van der Waals surface area contributed by atoms with E-state index in [1.165, 1.54) is 32.0 Å². The molecule has 1 amide bonds. The Bertz CT molecular complexity index is 767. The van der Waals surface area contributed by atoms with Gasteiger partial charge in [-0.15, -0.1) is 0 Å². The largest absolute Gasteiger partial charge is 0.481 e. The van der Waals surface area contributed by atoms with Gasteiger partial charge in [0.1, 0.15) is 10.7 Å². The Morgan fingerprint density at radius 1 is 1.38 bits per heavy atom. The molecule has 1 N–H and O–H groups in total. The smallest absolute Gasteiger partial charge is 0.311 e. The highest BCUT2D eigenvalue weighted by Gasteiger charge is 2.40. The number of carbonyl (C=O) groups is 2. The van der Waals surface area contributed by atoms with Crippen molar-refractivity contribution in [2.45, 2.75) is 31.6 Å². The lowest BCUT2D eigenvalue weighted by atomic mass is 9.82. The summed E-state index contributed by atoms with van der Waals surface area (Å²) >= 11 is 0. The zero-order valence-corrected chi connectivity index (χ0v) is 15.0. The third-order valence-electron chi connectivity index (χ3n) is 4.34. The standard InChI is InChI=1S/C15H22N2O6S/c1-10-12(24(21,22)16(3)4)8-11(23-10)13(18)17-7-5-6-15(2,9-17)14(19)20/h8H,5-7,9H2,1-4H3,(H,19,20). The Hall–Kier alpha value is -1.87. The van der Waals surface area contributed by atoms with Crippen molar-refractivity contribution in [2.75, 3.05) is 27.2 Å². The molecule has 0 saturated carbocycles. The van der Waals surface area contributed by atoms with Crippen molar-refractivity contribution in [1.29, 1.82) is 0 Å². The summed E-state index contributed by atoms with van der Waals surface area (Å²) < 4.78 is 30.8. The van der Waals surface area contributed by atoms with Crippen molar-refractivity contribution in [3.63, 3.8) is 0 Å². The first-order chi connectivity index (χ1) is 11.0. The summed E-state index contributed by atoms with van der Waals surface area (Å²) in [5.74, 6) is -1.41. The molecule has 1 atom stereocenters. The predicted molar refractivity (Wildman–Crippen MR) is 85.2 cm³/mol. The molecule has 8 nitrogen and oxygen atoms in total. The van der Waals surface area contributed by atoms with Gasteiger partial charge in [0.15, 0.2) is 5.76 Å². The third-order valence-corrected chi connectivity index (χ3v) is 6.26. The van der Waals surface area contributed by atoms with Crippen LogP contribution < -0.4 is 0 Å². The van der Waals surface area contributed by atoms with Gasteiger partial charge in [-0.3, -0.25) is 9.59 Å². The molecule has 0 radical (unpaired) electrons. The van der Waals surface area contributed by atoms with Crippen molar-refractivity contribution >= 4 is 21.9 Å². The quantitative estimate of drug-likeness (QED) is 0.865. The van der Waals surface area contributed by atoms with Crippen LogP contribution in [0, 0.1) is 12.3 Å². The van der Waals surface area contributed by atoms with Crippen LogP contribution in [0.4, 0.5) is 0 Å². The first-order valence-electron chi connectivity index (χ1n) is 7.55. The average Bonchev–Trinajstić information content (AvgIpc) is 2.88. The SMILES string of the molecule is Cc1oc(C(=O)N2CCCC(C)(C(=O)O)C2)cc1S(=O)(=O)N(C)C. The number of amides is 1. The maximum atomic E-state index is 12.6. The predicted octanol–water partition coefficient (Wildman–Crippen LogP) is 1.17. The molecule has 134 valence electrons. The lowest BCUT2D eigenvalue weighted by Gasteiger charge is -2.37. The molecular formula is C15H22N2O6S. The van der Waals surface area contributed by atoms with E-state index in [4.69, 9.17) is 4.42 Å². The Balaban J connectivity index is 2.30. The van der Waals surface area contributed by atoms with Crippen LogP contribution in [0.3, 0.4) is 0 Å². The molecule has 1 aromatic heterocycles. The van der Waals surface area contributed by atoms with E-state index in [0.29, 0.717) is 19.4 Å². The summed E-state index contributed by atoms with van der Waals surface area (Å²) in [5.41, 5.74) is -1.01. The molecular weight excluding hydrogens is 336 g/mol. The lowest BCUT2D eigenvalue weighted by Crippen LogP contribution is -2.48. The van der Waals surface area contributed by atoms with Gasteiger partial charge in [-0.25, -0.2) is 12.7 Å². The molecule has 0 aliphatic carbocycles. The van der Waals surface area contributed by atoms with Crippen molar-refractivity contribution in [3.05, 3.63) is 17.6 Å². The minimum Gasteiger partial charge on any atom is -0.481 e. The van der Waals surface area contributed by atoms with Gasteiger partial charge < -0.3 is 14.4 Å². The number of hydrogen-bond acceptors (Lipinski definition) is 5. The summed E-state index contributed by atoms with van der Waals surface area (Å²) in [6.07, 6.45) is 1.06. The molecule has 1 aromatic rings. The van der Waals surface area contributed by atoms with Gasteiger partial charge in [-0.1, -0.05) is 0 Å². The number of aliphatic carboxylic acids is 1. The number of sulfonamides is 1. The number of likely N-dealkylation sites (tertiary alicyclic amines) is 1. The van der Waals surface area contributed by atoms with Gasteiger partial charge in [-0.05, 0) is 26.7 Å². The van der Waals surface area contributed by atoms with E-state index in [9.17, 15) is 23.1 Å². The first-order valence-corrected chi connectivity index (χ1v) is 8.99. The van der Waals surface area contributed by atoms with Crippen molar-refractivity contribution in [2.24, 2.45) is 5.41 Å². The van der Waals surface area contributed by atoms with Crippen LogP contribution >= 0.6 is 0 Å². The second-order valence-corrected chi connectivity index (χ2v) is 8.63. The number of aryl methyl sites for hydroxylation is 1. The van der Waals surface area contributed by atoms with E-state index < -0.39 is 27.3 Å². The number of furan rings is 1. The molecule has 1 unspecified atom stereocenters. The zero-order chi connectivity index (χ0) is 18.3. The molecule has 1 saturated heterocycles. The van der Waals surface area contributed by atoms with Crippen molar-refractivity contribution in [3.8, 4) is 0 Å². The highest BCUT2D eigenvalue weighted by Crippen LogP contribution is 2.31. The fourth-order valence-corrected chi connectivity index (χ4v) is 3.82. The van der Waals surface area contributed by atoms with Crippen LogP contribution in [-0.2, 0) is 14.8 Å². The number of hydrogen-bond donors (Lipinski definition) is 1. The van der Waals surface area contributed by atoms with E-state index in [0.717, 1.165) is 4.31 Å². The Labute approximate surface area is 141 Å². The maximum absolute atomic E-state index is 12.6. The first kappa shape index (κ1) is 18.5. The second-order valence-electron chi connectivity index (χ2n) is 6.51. The molecule has 1 aliphatic heterocycles. The molecule has 2 heterocycles. The lowest BCUT2D eigenvalue weighted by molar-refractivity contribution is -0.150. The van der Waals surface area contributed by atoms with Crippen LogP contribution in [0.1, 0.15) is 36.1 Å². The maximum Gasteiger partial charge on any atom is 0.311 e. The van der Waals surface area contributed by atoms with E-state index in [2.05, 4.69) is 0 Å². The number of piperidine rings is 1. The number of carboxylic acid groups (broad SMARTS) is 1. The van der Waals surface area contributed by atoms with Crippen LogP contribution in [-0.4, -0.2) is 61.8 Å². The topological polar surface area (TPSA) is 108 Å². The van der Waals surface area contributed by atoms with Crippen LogP contribution in [0.2, 0.25) is 0 Å². The van der Waals surface area contributed by atoms with Crippen LogP contribution in [0.5, 0.6) is 0 Å². The molecule has 0 bridgehead atoms. The molecule has 2 rings (SSSR count). The van der Waals surface area contributed by atoms with Gasteiger partial charge in [0.25, 0.3) is 5.91 Å². The number of carboxylic acids is 1. The van der Waals surface area contributed by atoms with Crippen LogP contribution in [0.15, 0.2) is 15.4 Å². The van der Waals surface area contributed by atoms with E-state index in [1.54, 1.807) is 6.92 Å². The summed E-state index contributed by atoms with van der Waals surface area (Å²) in [6, 6.07) is 1.21. The Morgan fingerprint density at radius 3 is 2.54 bits per heavy atom. The summed E-state index contributed by atoms with van der Waals surface area (Å²) in [4.78, 5) is 25.3. The molecule has 1 aliphatic rings. The fraction of sp³-hybridized carbons (Fsp3) is 0.600. The molecule has 9 heteroatoms. The van der Waals surface area contributed by atoms with Gasteiger partial charge in [0.2, 0.25) is 10.0 Å². The monoisotopic (exact) mass is 358 g/mol. The van der Waals surface area contributed by atoms with Gasteiger partial charge in [0.05, 0.1) is 5.41 Å². The van der Waals surface area contributed by atoms with E-state index in [-0.39, 0.29) is 23.0 Å². The van der Waals surface area contributed by atoms with E-state index in [1.807, 2.05) is 0 Å². The van der Waals surface area contributed by atoms with Crippen molar-refractivity contribution < 1.29 is 27.5 Å². The summed E-state index contributed by atoms with van der Waals surface area (Å²) in [5, 5.41) is 9.34. The van der Waals surface area contributed by atoms with Crippen LogP contribution in [0.25, 0.3) is 0 Å². The Kier molecular flexibility index (Phi) is 4.78. The van der Waals surface area contributed by atoms with Gasteiger partial charge in [0, 0.05) is 33.3 Å². The average molecular weight is 358 g/mol. The van der Waals surface area contributed by atoms with Crippen molar-refractivity contribution in [1.82, 2.24) is 9.21 Å². The summed E-state index contributed by atoms with van der Waals surface area (Å²) in [7, 11) is -0.922. The normalized spacial score (nSPS) is 22.0. The van der Waals surface area contributed by atoms with Gasteiger partial charge in [-0.2, -0.15) is 0 Å². The second kappa shape index (κ2) is 6.21. The van der Waals surface area contributed by atoms with E-state index >= 15 is 0 Å².